The fraction of sp³-hybridized carbons (Fsp3) is 0.750. The first-order chi connectivity index (χ1) is 6.91. The molecule has 0 aliphatic rings. The molecule has 0 saturated heterocycles. The van der Waals surface area contributed by atoms with Crippen molar-refractivity contribution < 1.29 is 17.9 Å². The molecule has 86 valence electrons. The van der Waals surface area contributed by atoms with Gasteiger partial charge in [0, 0.05) is 6.42 Å². The van der Waals surface area contributed by atoms with Crippen LogP contribution in [0.5, 0.6) is 0 Å². The van der Waals surface area contributed by atoms with Crippen LogP contribution in [0.3, 0.4) is 0 Å². The minimum Gasteiger partial charge on any atom is -0.469 e. The average molecular weight is 234 g/mol. The lowest BCUT2D eigenvalue weighted by molar-refractivity contribution is -0.140. The maximum absolute atomic E-state index is 11.3. The monoisotopic (exact) mass is 234 g/mol. The molecule has 0 aliphatic heterocycles. The number of rotatable bonds is 6. The fourth-order valence-electron chi connectivity index (χ4n) is 0.863. The molecule has 0 aromatic heterocycles. The summed E-state index contributed by atoms with van der Waals surface area (Å²) >= 11 is 0. The predicted octanol–water partition coefficient (Wildman–Crippen LogP) is -0.229. The van der Waals surface area contributed by atoms with Gasteiger partial charge < -0.3 is 4.74 Å². The Morgan fingerprint density at radius 2 is 2.20 bits per heavy atom. The van der Waals surface area contributed by atoms with E-state index >= 15 is 0 Å². The average Bonchev–Trinajstić information content (AvgIpc) is 2.16. The van der Waals surface area contributed by atoms with Crippen LogP contribution in [-0.2, 0) is 19.6 Å². The van der Waals surface area contributed by atoms with Crippen LogP contribution >= 0.6 is 0 Å². The lowest BCUT2D eigenvalue weighted by atomic mass is 10.3. The van der Waals surface area contributed by atoms with E-state index in [2.05, 4.69) is 9.46 Å². The zero-order valence-electron chi connectivity index (χ0n) is 8.69. The zero-order chi connectivity index (χ0) is 11.9. The van der Waals surface area contributed by atoms with E-state index in [4.69, 9.17) is 5.26 Å². The second-order valence-electron chi connectivity index (χ2n) is 2.97. The molecule has 0 bridgehead atoms. The SMILES string of the molecule is COC(=O)CCCS(=O)(=O)NC(C)C#N. The highest BCUT2D eigenvalue weighted by atomic mass is 32.2. The van der Waals surface area contributed by atoms with E-state index in [-0.39, 0.29) is 18.6 Å². The molecule has 6 nitrogen and oxygen atoms in total. The van der Waals surface area contributed by atoms with Crippen LogP contribution in [0.25, 0.3) is 0 Å². The number of hydrogen-bond acceptors (Lipinski definition) is 5. The van der Waals surface area contributed by atoms with Crippen LogP contribution in [0.1, 0.15) is 19.8 Å². The van der Waals surface area contributed by atoms with E-state index in [9.17, 15) is 13.2 Å². The lowest BCUT2D eigenvalue weighted by Gasteiger charge is -2.06. The molecule has 7 heteroatoms. The number of esters is 1. The van der Waals surface area contributed by atoms with Crippen molar-refractivity contribution in [2.75, 3.05) is 12.9 Å². The number of carbonyl (C=O) groups excluding carboxylic acids is 1. The molecule has 0 rings (SSSR count). The highest BCUT2D eigenvalue weighted by Gasteiger charge is 2.14. The molecule has 0 aliphatic carbocycles. The Kier molecular flexibility index (Phi) is 5.89. The first-order valence-electron chi connectivity index (χ1n) is 4.37. The summed E-state index contributed by atoms with van der Waals surface area (Å²) in [5.41, 5.74) is 0. The lowest BCUT2D eigenvalue weighted by Crippen LogP contribution is -2.33. The first kappa shape index (κ1) is 13.9. The number of nitriles is 1. The van der Waals surface area contributed by atoms with Crippen LogP contribution in [0.4, 0.5) is 0 Å². The molecule has 15 heavy (non-hydrogen) atoms. The maximum Gasteiger partial charge on any atom is 0.305 e. The van der Waals surface area contributed by atoms with Crippen molar-refractivity contribution in [1.82, 2.24) is 4.72 Å². The second-order valence-corrected chi connectivity index (χ2v) is 4.84. The molecule has 0 spiro atoms. The summed E-state index contributed by atoms with van der Waals surface area (Å²) in [7, 11) is -2.23. The van der Waals surface area contributed by atoms with Crippen LogP contribution in [0.15, 0.2) is 0 Å². The van der Waals surface area contributed by atoms with E-state index in [1.54, 1.807) is 6.07 Å². The van der Waals surface area contributed by atoms with E-state index in [0.717, 1.165) is 0 Å². The number of hydrogen-bond donors (Lipinski definition) is 1. The predicted molar refractivity (Wildman–Crippen MR) is 53.2 cm³/mol. The van der Waals surface area contributed by atoms with Gasteiger partial charge >= 0.3 is 5.97 Å². The van der Waals surface area contributed by atoms with Gasteiger partial charge in [-0.25, -0.2) is 8.42 Å². The van der Waals surface area contributed by atoms with Crippen LogP contribution in [0.2, 0.25) is 0 Å². The van der Waals surface area contributed by atoms with Crippen molar-refractivity contribution in [3.8, 4) is 6.07 Å². The molecule has 1 unspecified atom stereocenters. The van der Waals surface area contributed by atoms with Crippen molar-refractivity contribution in [3.63, 3.8) is 0 Å². The molecule has 0 saturated carbocycles. The summed E-state index contributed by atoms with van der Waals surface area (Å²) < 4.78 is 29.0. The summed E-state index contributed by atoms with van der Waals surface area (Å²) in [6, 6.07) is 0.993. The quantitative estimate of drug-likeness (QED) is 0.640. The molecule has 0 aromatic rings. The van der Waals surface area contributed by atoms with E-state index in [0.29, 0.717) is 0 Å². The zero-order valence-corrected chi connectivity index (χ0v) is 9.50. The molecular weight excluding hydrogens is 220 g/mol. The number of nitrogens with zero attached hydrogens (tertiary/aromatic N) is 1. The summed E-state index contributed by atoms with van der Waals surface area (Å²) in [5.74, 6) is -0.632. The van der Waals surface area contributed by atoms with E-state index in [1.807, 2.05) is 0 Å². The minimum absolute atomic E-state index is 0.0539. The third kappa shape index (κ3) is 6.88. The standard InChI is InChI=1S/C8H14N2O4S/c1-7(6-9)10-15(12,13)5-3-4-8(11)14-2/h7,10H,3-5H2,1-2H3. The Bertz CT molecular complexity index is 344. The summed E-state index contributed by atoms with van der Waals surface area (Å²) in [6.07, 6.45) is 0.235. The Hall–Kier alpha value is -1.13. The topological polar surface area (TPSA) is 96.3 Å². The summed E-state index contributed by atoms with van der Waals surface area (Å²) in [5, 5.41) is 8.40. The third-order valence-corrected chi connectivity index (χ3v) is 3.11. The molecule has 0 fully saturated rings. The van der Waals surface area contributed by atoms with E-state index in [1.165, 1.54) is 14.0 Å². The van der Waals surface area contributed by atoms with Gasteiger partial charge in [-0.1, -0.05) is 0 Å². The van der Waals surface area contributed by atoms with Crippen LogP contribution < -0.4 is 4.72 Å². The van der Waals surface area contributed by atoms with Crippen molar-refractivity contribution in [3.05, 3.63) is 0 Å². The number of methoxy groups -OCH3 is 1. The van der Waals surface area contributed by atoms with Crippen molar-refractivity contribution in [1.29, 1.82) is 5.26 Å². The fourth-order valence-corrected chi connectivity index (χ4v) is 2.10. The van der Waals surface area contributed by atoms with Gasteiger partial charge in [0.15, 0.2) is 0 Å². The van der Waals surface area contributed by atoms with Crippen molar-refractivity contribution in [2.45, 2.75) is 25.8 Å². The highest BCUT2D eigenvalue weighted by Crippen LogP contribution is 1.97. The molecule has 0 amide bonds. The van der Waals surface area contributed by atoms with Crippen LogP contribution in [0, 0.1) is 11.3 Å². The largest absolute Gasteiger partial charge is 0.469 e. The van der Waals surface area contributed by atoms with Gasteiger partial charge in [-0.15, -0.1) is 0 Å². The van der Waals surface area contributed by atoms with Gasteiger partial charge in [0.1, 0.15) is 6.04 Å². The smallest absolute Gasteiger partial charge is 0.305 e. The molecule has 1 N–H and O–H groups in total. The van der Waals surface area contributed by atoms with Gasteiger partial charge in [0.2, 0.25) is 10.0 Å². The summed E-state index contributed by atoms with van der Waals surface area (Å²) in [6.45, 7) is 1.44. The minimum atomic E-state index is -3.48. The van der Waals surface area contributed by atoms with Gasteiger partial charge in [0.25, 0.3) is 0 Å². The van der Waals surface area contributed by atoms with Crippen LogP contribution in [-0.4, -0.2) is 33.3 Å². The Morgan fingerprint density at radius 3 is 2.67 bits per heavy atom. The normalized spacial score (nSPS) is 12.9. The van der Waals surface area contributed by atoms with Crippen molar-refractivity contribution >= 4 is 16.0 Å². The summed E-state index contributed by atoms with van der Waals surface area (Å²) in [4.78, 5) is 10.7. The Morgan fingerprint density at radius 1 is 1.60 bits per heavy atom. The molecular formula is C8H14N2O4S. The number of nitrogens with one attached hydrogen (secondary N) is 1. The number of ether oxygens (including phenoxy) is 1. The number of sulfonamides is 1. The van der Waals surface area contributed by atoms with Gasteiger partial charge in [-0.05, 0) is 13.3 Å². The van der Waals surface area contributed by atoms with Gasteiger partial charge in [0.05, 0.1) is 18.9 Å². The maximum atomic E-state index is 11.3. The first-order valence-corrected chi connectivity index (χ1v) is 6.03. The molecule has 0 aromatic carbocycles. The van der Waals surface area contributed by atoms with Gasteiger partial charge in [-0.2, -0.15) is 9.98 Å². The molecule has 0 radical (unpaired) electrons. The Labute approximate surface area is 89.3 Å². The Balaban J connectivity index is 3.96. The van der Waals surface area contributed by atoms with Gasteiger partial charge in [-0.3, -0.25) is 4.79 Å². The van der Waals surface area contributed by atoms with E-state index < -0.39 is 22.0 Å². The highest BCUT2D eigenvalue weighted by molar-refractivity contribution is 7.89. The number of carbonyl (C=O) groups is 1. The molecule has 1 atom stereocenters. The second kappa shape index (κ2) is 6.37. The third-order valence-electron chi connectivity index (χ3n) is 1.57. The molecule has 0 heterocycles. The van der Waals surface area contributed by atoms with Crippen molar-refractivity contribution in [2.24, 2.45) is 0 Å².